The summed E-state index contributed by atoms with van der Waals surface area (Å²) in [6, 6.07) is 10.5. The molecule has 2 aromatic rings. The topological polar surface area (TPSA) is 39.2 Å². The first-order valence-electron chi connectivity index (χ1n) is 8.23. The van der Waals surface area contributed by atoms with Crippen molar-refractivity contribution in [1.82, 2.24) is 4.98 Å². The van der Waals surface area contributed by atoms with Gasteiger partial charge in [0.1, 0.15) is 0 Å². The number of aromatic nitrogens is 1. The SMILES string of the molecule is O=[S@](Cc1csc(CCc2ccccc2)n1)C[C@H]1CCCCO1. The molecule has 0 aliphatic carbocycles. The number of ether oxygens (including phenoxy) is 1. The molecule has 0 N–H and O–H groups in total. The van der Waals surface area contributed by atoms with Gasteiger partial charge in [0.25, 0.3) is 0 Å². The summed E-state index contributed by atoms with van der Waals surface area (Å²) < 4.78 is 17.9. The van der Waals surface area contributed by atoms with Crippen LogP contribution in [0.1, 0.15) is 35.5 Å². The van der Waals surface area contributed by atoms with Gasteiger partial charge in [-0.1, -0.05) is 30.3 Å². The Bertz CT molecular complexity index is 621. The summed E-state index contributed by atoms with van der Waals surface area (Å²) in [7, 11) is -0.876. The lowest BCUT2D eigenvalue weighted by atomic mass is 10.1. The highest BCUT2D eigenvalue weighted by Crippen LogP contribution is 2.17. The van der Waals surface area contributed by atoms with Gasteiger partial charge in [-0.15, -0.1) is 11.3 Å². The standard InChI is InChI=1S/C18H23NO2S2/c20-23(14-17-8-4-5-11-21-17)13-16-12-22-18(19-16)10-9-15-6-2-1-3-7-15/h1-3,6-7,12,17H,4-5,8-11,13-14H2/t17-,23-/m1/s1. The van der Waals surface area contributed by atoms with Crippen molar-refractivity contribution in [2.45, 2.75) is 44.0 Å². The summed E-state index contributed by atoms with van der Waals surface area (Å²) >= 11 is 1.68. The number of thiazole rings is 1. The molecular formula is C18H23NO2S2. The van der Waals surface area contributed by atoms with Crippen molar-refractivity contribution in [3.05, 3.63) is 52.0 Å². The Kier molecular flexibility index (Phi) is 6.37. The molecule has 1 aromatic carbocycles. The average molecular weight is 350 g/mol. The molecule has 3 nitrogen and oxygen atoms in total. The van der Waals surface area contributed by atoms with Crippen LogP contribution in [0, 0.1) is 0 Å². The Morgan fingerprint density at radius 1 is 1.22 bits per heavy atom. The van der Waals surface area contributed by atoms with Crippen LogP contribution in [0.15, 0.2) is 35.7 Å². The lowest BCUT2D eigenvalue weighted by Gasteiger charge is -2.21. The summed E-state index contributed by atoms with van der Waals surface area (Å²) in [4.78, 5) is 4.64. The summed E-state index contributed by atoms with van der Waals surface area (Å²) in [5.74, 6) is 1.21. The van der Waals surface area contributed by atoms with E-state index in [1.165, 1.54) is 12.0 Å². The van der Waals surface area contributed by atoms with E-state index in [1.807, 2.05) is 6.07 Å². The van der Waals surface area contributed by atoms with Crippen molar-refractivity contribution in [3.63, 3.8) is 0 Å². The minimum atomic E-state index is -0.876. The van der Waals surface area contributed by atoms with Crippen molar-refractivity contribution in [2.24, 2.45) is 0 Å². The normalized spacial score (nSPS) is 19.6. The Morgan fingerprint density at radius 2 is 2.09 bits per heavy atom. The molecule has 0 amide bonds. The van der Waals surface area contributed by atoms with Crippen LogP contribution in [0.4, 0.5) is 0 Å². The lowest BCUT2D eigenvalue weighted by Crippen LogP contribution is -2.25. The van der Waals surface area contributed by atoms with E-state index in [9.17, 15) is 4.21 Å². The first kappa shape index (κ1) is 16.8. The van der Waals surface area contributed by atoms with Gasteiger partial charge in [0.2, 0.25) is 0 Å². The van der Waals surface area contributed by atoms with E-state index in [1.54, 1.807) is 11.3 Å². The van der Waals surface area contributed by atoms with E-state index in [0.29, 0.717) is 11.5 Å². The third-order valence-corrected chi connectivity index (χ3v) is 6.34. The van der Waals surface area contributed by atoms with E-state index in [2.05, 4.69) is 34.6 Å². The van der Waals surface area contributed by atoms with Crippen LogP contribution in [-0.2, 0) is 34.1 Å². The molecule has 1 aliphatic rings. The van der Waals surface area contributed by atoms with Gasteiger partial charge in [0.05, 0.1) is 28.3 Å². The predicted octanol–water partition coefficient (Wildman–Crippen LogP) is 3.75. The maximum Gasteiger partial charge on any atom is 0.0931 e. The van der Waals surface area contributed by atoms with Gasteiger partial charge >= 0.3 is 0 Å². The summed E-state index contributed by atoms with van der Waals surface area (Å²) in [6.07, 6.45) is 5.52. The molecule has 3 rings (SSSR count). The van der Waals surface area contributed by atoms with Crippen LogP contribution in [0.2, 0.25) is 0 Å². The zero-order valence-electron chi connectivity index (χ0n) is 13.3. The Labute approximate surface area is 144 Å². The molecule has 23 heavy (non-hydrogen) atoms. The highest BCUT2D eigenvalue weighted by atomic mass is 32.2. The molecule has 2 atom stereocenters. The molecule has 0 unspecified atom stereocenters. The predicted molar refractivity (Wildman–Crippen MR) is 96.3 cm³/mol. The van der Waals surface area contributed by atoms with E-state index in [4.69, 9.17) is 4.74 Å². The van der Waals surface area contributed by atoms with Crippen molar-refractivity contribution < 1.29 is 8.95 Å². The Hall–Kier alpha value is -1.04. The number of benzene rings is 1. The molecule has 0 radical (unpaired) electrons. The number of aryl methyl sites for hydroxylation is 2. The molecule has 1 aromatic heterocycles. The second-order valence-electron chi connectivity index (χ2n) is 5.96. The fraction of sp³-hybridized carbons (Fsp3) is 0.500. The molecule has 124 valence electrons. The first-order valence-corrected chi connectivity index (χ1v) is 10.6. The number of hydrogen-bond donors (Lipinski definition) is 0. The molecular weight excluding hydrogens is 326 g/mol. The Balaban J connectivity index is 1.45. The fourth-order valence-electron chi connectivity index (χ4n) is 2.80. The van der Waals surface area contributed by atoms with Crippen LogP contribution in [0.3, 0.4) is 0 Å². The minimum Gasteiger partial charge on any atom is -0.377 e. The van der Waals surface area contributed by atoms with Crippen molar-refractivity contribution in [2.75, 3.05) is 12.4 Å². The second kappa shape index (κ2) is 8.71. The molecule has 1 fully saturated rings. The maximum absolute atomic E-state index is 12.3. The number of hydrogen-bond acceptors (Lipinski definition) is 4. The van der Waals surface area contributed by atoms with Gasteiger partial charge in [0, 0.05) is 29.2 Å². The number of nitrogens with zero attached hydrogens (tertiary/aromatic N) is 1. The third-order valence-electron chi connectivity index (χ3n) is 4.02. The summed E-state index contributed by atoms with van der Waals surface area (Å²) in [5, 5.41) is 3.19. The fourth-order valence-corrected chi connectivity index (χ4v) is 4.97. The summed E-state index contributed by atoms with van der Waals surface area (Å²) in [6.45, 7) is 0.822. The van der Waals surface area contributed by atoms with Gasteiger partial charge in [-0.25, -0.2) is 4.98 Å². The van der Waals surface area contributed by atoms with Crippen molar-refractivity contribution in [3.8, 4) is 0 Å². The van der Waals surface area contributed by atoms with Gasteiger partial charge in [0.15, 0.2) is 0 Å². The van der Waals surface area contributed by atoms with E-state index in [0.717, 1.165) is 43.0 Å². The number of rotatable bonds is 7. The van der Waals surface area contributed by atoms with E-state index in [-0.39, 0.29) is 6.10 Å². The zero-order valence-corrected chi connectivity index (χ0v) is 14.9. The van der Waals surface area contributed by atoms with Crippen LogP contribution in [0.25, 0.3) is 0 Å². The van der Waals surface area contributed by atoms with Gasteiger partial charge in [-0.2, -0.15) is 0 Å². The molecule has 1 aliphatic heterocycles. The van der Waals surface area contributed by atoms with Crippen LogP contribution in [-0.4, -0.2) is 27.7 Å². The van der Waals surface area contributed by atoms with E-state index < -0.39 is 10.8 Å². The highest BCUT2D eigenvalue weighted by Gasteiger charge is 2.17. The third kappa shape index (κ3) is 5.52. The van der Waals surface area contributed by atoms with E-state index >= 15 is 0 Å². The molecule has 0 spiro atoms. The molecule has 2 heterocycles. The average Bonchev–Trinajstić information content (AvgIpc) is 3.02. The monoisotopic (exact) mass is 349 g/mol. The smallest absolute Gasteiger partial charge is 0.0931 e. The van der Waals surface area contributed by atoms with Crippen molar-refractivity contribution >= 4 is 22.1 Å². The molecule has 1 saturated heterocycles. The van der Waals surface area contributed by atoms with Crippen LogP contribution < -0.4 is 0 Å². The van der Waals surface area contributed by atoms with Gasteiger partial charge in [-0.3, -0.25) is 4.21 Å². The van der Waals surface area contributed by atoms with Gasteiger partial charge < -0.3 is 4.74 Å². The molecule has 0 bridgehead atoms. The largest absolute Gasteiger partial charge is 0.377 e. The minimum absolute atomic E-state index is 0.181. The lowest BCUT2D eigenvalue weighted by molar-refractivity contribution is 0.0310. The first-order chi connectivity index (χ1) is 11.3. The van der Waals surface area contributed by atoms with Crippen LogP contribution >= 0.6 is 11.3 Å². The van der Waals surface area contributed by atoms with Crippen LogP contribution in [0.5, 0.6) is 0 Å². The molecule has 0 saturated carbocycles. The highest BCUT2D eigenvalue weighted by molar-refractivity contribution is 7.84. The zero-order chi connectivity index (χ0) is 15.9. The summed E-state index contributed by atoms with van der Waals surface area (Å²) in [5.41, 5.74) is 2.30. The maximum atomic E-state index is 12.3. The Morgan fingerprint density at radius 3 is 2.87 bits per heavy atom. The van der Waals surface area contributed by atoms with Gasteiger partial charge in [-0.05, 0) is 31.2 Å². The quantitative estimate of drug-likeness (QED) is 0.764. The second-order valence-corrected chi connectivity index (χ2v) is 8.40. The van der Waals surface area contributed by atoms with Crippen molar-refractivity contribution in [1.29, 1.82) is 0 Å². The molecule has 5 heteroatoms.